The molecule has 0 bridgehead atoms. The number of nitrogens with zero attached hydrogens (tertiary/aromatic N) is 2. The Bertz CT molecular complexity index is 871. The highest BCUT2D eigenvalue weighted by molar-refractivity contribution is 6.05. The van der Waals surface area contributed by atoms with Gasteiger partial charge in [0.25, 0.3) is 0 Å². The Hall–Kier alpha value is -3.03. The van der Waals surface area contributed by atoms with Crippen molar-refractivity contribution in [2.24, 2.45) is 0 Å². The molecular formula is C16H13F3N4O. The summed E-state index contributed by atoms with van der Waals surface area (Å²) in [4.78, 5) is 20.7. The highest BCUT2D eigenvalue weighted by Gasteiger charge is 2.30. The van der Waals surface area contributed by atoms with Gasteiger partial charge in [-0.3, -0.25) is 9.88 Å². The third-order valence-electron chi connectivity index (χ3n) is 3.56. The number of carbonyl (C=O) groups is 1. The Kier molecular flexibility index (Phi) is 3.88. The van der Waals surface area contributed by atoms with Crippen LogP contribution in [-0.2, 0) is 6.18 Å². The third kappa shape index (κ3) is 3.03. The average molecular weight is 334 g/mol. The molecule has 0 saturated heterocycles. The molecule has 2 N–H and O–H groups in total. The van der Waals surface area contributed by atoms with Gasteiger partial charge >= 0.3 is 12.2 Å². The number of aromatic amines is 1. The van der Waals surface area contributed by atoms with Gasteiger partial charge in [-0.05, 0) is 36.4 Å². The van der Waals surface area contributed by atoms with Gasteiger partial charge in [0.2, 0.25) is 0 Å². The number of anilines is 2. The van der Waals surface area contributed by atoms with Gasteiger partial charge in [-0.25, -0.2) is 4.79 Å². The van der Waals surface area contributed by atoms with Crippen LogP contribution >= 0.6 is 0 Å². The summed E-state index contributed by atoms with van der Waals surface area (Å²) in [6.45, 7) is 0. The Morgan fingerprint density at radius 2 is 1.92 bits per heavy atom. The monoisotopic (exact) mass is 334 g/mol. The number of carbonyl (C=O) groups excluding carboxylic acids is 1. The van der Waals surface area contributed by atoms with Crippen molar-refractivity contribution >= 4 is 28.4 Å². The van der Waals surface area contributed by atoms with E-state index in [0.29, 0.717) is 16.9 Å². The first-order valence-electron chi connectivity index (χ1n) is 7.00. The molecule has 2 amide bonds. The second-order valence-corrected chi connectivity index (χ2v) is 5.14. The van der Waals surface area contributed by atoms with Gasteiger partial charge in [0.05, 0.1) is 16.8 Å². The van der Waals surface area contributed by atoms with Crippen molar-refractivity contribution in [2.75, 3.05) is 17.3 Å². The number of benzene rings is 1. The maximum atomic E-state index is 12.6. The lowest BCUT2D eigenvalue weighted by Crippen LogP contribution is -2.31. The summed E-state index contributed by atoms with van der Waals surface area (Å²) in [5, 5.41) is 2.68. The normalized spacial score (nSPS) is 11.5. The molecule has 0 spiro atoms. The first-order chi connectivity index (χ1) is 11.4. The maximum absolute atomic E-state index is 12.6. The van der Waals surface area contributed by atoms with Crippen molar-refractivity contribution in [1.29, 1.82) is 0 Å². The van der Waals surface area contributed by atoms with E-state index in [1.165, 1.54) is 24.1 Å². The topological polar surface area (TPSA) is 61.0 Å². The molecule has 0 unspecified atom stereocenters. The van der Waals surface area contributed by atoms with E-state index >= 15 is 0 Å². The highest BCUT2D eigenvalue weighted by Crippen LogP contribution is 2.30. The molecule has 5 nitrogen and oxygen atoms in total. The minimum atomic E-state index is -4.41. The quantitative estimate of drug-likeness (QED) is 0.736. The Balaban J connectivity index is 1.77. The molecule has 3 rings (SSSR count). The van der Waals surface area contributed by atoms with E-state index in [1.807, 2.05) is 6.07 Å². The number of halogens is 3. The fourth-order valence-corrected chi connectivity index (χ4v) is 2.24. The molecule has 0 saturated carbocycles. The predicted octanol–water partition coefficient (Wildman–Crippen LogP) is 4.25. The van der Waals surface area contributed by atoms with E-state index in [0.717, 1.165) is 17.6 Å². The van der Waals surface area contributed by atoms with Crippen LogP contribution in [-0.4, -0.2) is 23.0 Å². The van der Waals surface area contributed by atoms with Crippen LogP contribution in [0.25, 0.3) is 11.0 Å². The summed E-state index contributed by atoms with van der Waals surface area (Å²) >= 11 is 0. The number of amides is 2. The zero-order chi connectivity index (χ0) is 17.3. The number of alkyl halides is 3. The van der Waals surface area contributed by atoms with Crippen molar-refractivity contribution in [1.82, 2.24) is 9.97 Å². The number of nitrogens with one attached hydrogen (secondary N) is 2. The van der Waals surface area contributed by atoms with Gasteiger partial charge in [0.15, 0.2) is 0 Å². The molecule has 0 fully saturated rings. The molecule has 0 aliphatic heterocycles. The van der Waals surface area contributed by atoms with Crippen LogP contribution in [0.2, 0.25) is 0 Å². The van der Waals surface area contributed by atoms with Gasteiger partial charge in [-0.15, -0.1) is 0 Å². The van der Waals surface area contributed by atoms with Gasteiger partial charge in [0.1, 0.15) is 5.52 Å². The lowest BCUT2D eigenvalue weighted by atomic mass is 10.2. The lowest BCUT2D eigenvalue weighted by molar-refractivity contribution is -0.137. The summed E-state index contributed by atoms with van der Waals surface area (Å²) in [7, 11) is 1.47. The minimum Gasteiger partial charge on any atom is -0.358 e. The third-order valence-corrected chi connectivity index (χ3v) is 3.56. The number of aromatic nitrogens is 2. The SMILES string of the molecule is CN(C(=O)Nc1c[nH]c2cccnc12)c1ccc(C(F)(F)F)cc1. The number of H-pyrrole nitrogens is 1. The van der Waals surface area contributed by atoms with Crippen molar-refractivity contribution in [3.63, 3.8) is 0 Å². The number of rotatable bonds is 2. The fraction of sp³-hybridized carbons (Fsp3) is 0.125. The minimum absolute atomic E-state index is 0.341. The van der Waals surface area contributed by atoms with E-state index in [4.69, 9.17) is 0 Å². The molecule has 3 aromatic rings. The smallest absolute Gasteiger partial charge is 0.358 e. The second kappa shape index (κ2) is 5.88. The van der Waals surface area contributed by atoms with E-state index < -0.39 is 17.8 Å². The van der Waals surface area contributed by atoms with Crippen molar-refractivity contribution in [3.05, 3.63) is 54.4 Å². The van der Waals surface area contributed by atoms with Crippen molar-refractivity contribution < 1.29 is 18.0 Å². The molecule has 0 atom stereocenters. The standard InChI is InChI=1S/C16H13F3N4O/c1-23(11-6-4-10(5-7-11)16(17,18)19)15(24)22-13-9-21-12-3-2-8-20-14(12)13/h2-9,21H,1H3,(H,22,24). The van der Waals surface area contributed by atoms with E-state index in [1.54, 1.807) is 18.5 Å². The van der Waals surface area contributed by atoms with Crippen LogP contribution in [0.3, 0.4) is 0 Å². The van der Waals surface area contributed by atoms with Crippen LogP contribution < -0.4 is 10.2 Å². The van der Waals surface area contributed by atoms with Gasteiger partial charge < -0.3 is 10.3 Å². The largest absolute Gasteiger partial charge is 0.416 e. The van der Waals surface area contributed by atoms with Crippen LogP contribution in [0.4, 0.5) is 29.3 Å². The van der Waals surface area contributed by atoms with Crippen LogP contribution in [0, 0.1) is 0 Å². The molecule has 0 aliphatic carbocycles. The Labute approximate surface area is 135 Å². The van der Waals surface area contributed by atoms with Gasteiger partial charge in [-0.2, -0.15) is 13.2 Å². The summed E-state index contributed by atoms with van der Waals surface area (Å²) in [6.07, 6.45) is -1.20. The van der Waals surface area contributed by atoms with Crippen molar-refractivity contribution in [3.8, 4) is 0 Å². The summed E-state index contributed by atoms with van der Waals surface area (Å²) in [5.74, 6) is 0. The zero-order valence-corrected chi connectivity index (χ0v) is 12.6. The number of hydrogen-bond acceptors (Lipinski definition) is 2. The van der Waals surface area contributed by atoms with Crippen LogP contribution in [0.1, 0.15) is 5.56 Å². The van der Waals surface area contributed by atoms with Crippen LogP contribution in [0.5, 0.6) is 0 Å². The van der Waals surface area contributed by atoms with Crippen molar-refractivity contribution in [2.45, 2.75) is 6.18 Å². The first-order valence-corrected chi connectivity index (χ1v) is 7.00. The highest BCUT2D eigenvalue weighted by atomic mass is 19.4. The van der Waals surface area contributed by atoms with E-state index in [-0.39, 0.29) is 0 Å². The second-order valence-electron chi connectivity index (χ2n) is 5.14. The molecule has 1 aromatic carbocycles. The zero-order valence-electron chi connectivity index (χ0n) is 12.6. The number of urea groups is 1. The van der Waals surface area contributed by atoms with E-state index in [9.17, 15) is 18.0 Å². The van der Waals surface area contributed by atoms with Gasteiger partial charge in [0, 0.05) is 25.1 Å². The molecule has 0 radical (unpaired) electrons. The molecular weight excluding hydrogens is 321 g/mol. The Morgan fingerprint density at radius 3 is 2.58 bits per heavy atom. The average Bonchev–Trinajstić information content (AvgIpc) is 2.96. The maximum Gasteiger partial charge on any atom is 0.416 e. The molecule has 8 heteroatoms. The molecule has 24 heavy (non-hydrogen) atoms. The molecule has 2 heterocycles. The molecule has 124 valence electrons. The summed E-state index contributed by atoms with van der Waals surface area (Å²) in [5.41, 5.74) is 1.44. The lowest BCUT2D eigenvalue weighted by Gasteiger charge is -2.18. The number of hydrogen-bond donors (Lipinski definition) is 2. The predicted molar refractivity (Wildman–Crippen MR) is 85.0 cm³/mol. The first kappa shape index (κ1) is 15.9. The summed E-state index contributed by atoms with van der Waals surface area (Å²) < 4.78 is 37.7. The molecule has 0 aliphatic rings. The number of pyridine rings is 1. The summed E-state index contributed by atoms with van der Waals surface area (Å²) in [6, 6.07) is 7.46. The Morgan fingerprint density at radius 1 is 1.21 bits per heavy atom. The number of fused-ring (bicyclic) bond motifs is 1. The van der Waals surface area contributed by atoms with Crippen LogP contribution in [0.15, 0.2) is 48.8 Å². The molecule has 2 aromatic heterocycles. The van der Waals surface area contributed by atoms with E-state index in [2.05, 4.69) is 15.3 Å². The fourth-order valence-electron chi connectivity index (χ4n) is 2.24. The van der Waals surface area contributed by atoms with Gasteiger partial charge in [-0.1, -0.05) is 0 Å².